The molecule has 0 amide bonds. The molecule has 3 heteroatoms. The Hall–Kier alpha value is -3.07. The van der Waals surface area contributed by atoms with Gasteiger partial charge in [0, 0.05) is 12.8 Å². The number of ether oxygens (including phenoxy) is 2. The van der Waals surface area contributed by atoms with Gasteiger partial charge in [0.1, 0.15) is 5.78 Å². The topological polar surface area (TPSA) is 35.5 Å². The van der Waals surface area contributed by atoms with Crippen molar-refractivity contribution < 1.29 is 14.3 Å². The van der Waals surface area contributed by atoms with Crippen LogP contribution in [0.2, 0.25) is 0 Å². The molecule has 0 atom stereocenters. The Morgan fingerprint density at radius 2 is 1.04 bits per heavy atom. The predicted octanol–water partition coefficient (Wildman–Crippen LogP) is 6.14. The molecule has 0 N–H and O–H groups in total. The van der Waals surface area contributed by atoms with Gasteiger partial charge in [-0.15, -0.1) is 0 Å². The number of rotatable bonds is 3. The summed E-state index contributed by atoms with van der Waals surface area (Å²) in [7, 11) is 0. The SMILES string of the molecule is CCC(=O)CC.c1ccc(-c2ccccc2)cc1.c1ccc2c(c1)OCO2. The lowest BCUT2D eigenvalue weighted by Crippen LogP contribution is -1.92. The molecule has 1 aliphatic rings. The molecule has 3 aromatic carbocycles. The van der Waals surface area contributed by atoms with Gasteiger partial charge >= 0.3 is 0 Å². The molecule has 0 bridgehead atoms. The average Bonchev–Trinajstić information content (AvgIpc) is 3.24. The van der Waals surface area contributed by atoms with Gasteiger partial charge in [0.05, 0.1) is 0 Å². The number of carbonyl (C=O) groups excluding carboxylic acids is 1. The maximum absolute atomic E-state index is 10.2. The lowest BCUT2D eigenvalue weighted by atomic mass is 10.1. The fourth-order valence-corrected chi connectivity index (χ4v) is 2.36. The van der Waals surface area contributed by atoms with Gasteiger partial charge in [0.15, 0.2) is 11.5 Å². The van der Waals surface area contributed by atoms with Gasteiger partial charge < -0.3 is 9.47 Å². The molecule has 0 saturated heterocycles. The monoisotopic (exact) mass is 362 g/mol. The number of Topliss-reactive ketones (excluding diaryl/α,β-unsaturated/α-hetero) is 1. The minimum absolute atomic E-state index is 0.343. The molecule has 0 spiro atoms. The highest BCUT2D eigenvalue weighted by Gasteiger charge is 2.09. The molecule has 140 valence electrons. The Bertz CT molecular complexity index is 732. The van der Waals surface area contributed by atoms with E-state index < -0.39 is 0 Å². The Balaban J connectivity index is 0.000000155. The van der Waals surface area contributed by atoms with E-state index in [1.807, 2.05) is 50.2 Å². The van der Waals surface area contributed by atoms with Crippen molar-refractivity contribution in [1.29, 1.82) is 0 Å². The molecule has 0 saturated carbocycles. The number of benzene rings is 3. The van der Waals surface area contributed by atoms with E-state index in [4.69, 9.17) is 9.47 Å². The van der Waals surface area contributed by atoms with E-state index in [1.165, 1.54) is 11.1 Å². The van der Waals surface area contributed by atoms with Crippen LogP contribution >= 0.6 is 0 Å². The highest BCUT2D eigenvalue weighted by atomic mass is 16.7. The zero-order valence-electron chi connectivity index (χ0n) is 15.9. The third-order valence-corrected chi connectivity index (χ3v) is 3.95. The smallest absolute Gasteiger partial charge is 0.231 e. The molecule has 1 heterocycles. The molecule has 0 radical (unpaired) electrons. The first-order valence-electron chi connectivity index (χ1n) is 9.21. The molecule has 4 rings (SSSR count). The number of ketones is 1. The van der Waals surface area contributed by atoms with Crippen LogP contribution in [0.1, 0.15) is 26.7 Å². The van der Waals surface area contributed by atoms with Gasteiger partial charge in [0.2, 0.25) is 6.79 Å². The minimum atomic E-state index is 0.343. The van der Waals surface area contributed by atoms with Gasteiger partial charge in [-0.1, -0.05) is 86.6 Å². The molecule has 27 heavy (non-hydrogen) atoms. The molecular formula is C24H26O3. The Labute approximate surface area is 161 Å². The van der Waals surface area contributed by atoms with Gasteiger partial charge in [0.25, 0.3) is 0 Å². The first kappa shape index (κ1) is 20.2. The summed E-state index contributed by atoms with van der Waals surface area (Å²) in [4.78, 5) is 10.2. The highest BCUT2D eigenvalue weighted by molar-refractivity contribution is 5.77. The van der Waals surface area contributed by atoms with Crippen LogP contribution in [0.4, 0.5) is 0 Å². The summed E-state index contributed by atoms with van der Waals surface area (Å²) in [5, 5.41) is 0. The van der Waals surface area contributed by atoms with Crippen LogP contribution in [-0.4, -0.2) is 12.6 Å². The van der Waals surface area contributed by atoms with Crippen molar-refractivity contribution in [2.24, 2.45) is 0 Å². The lowest BCUT2D eigenvalue weighted by molar-refractivity contribution is -0.118. The summed E-state index contributed by atoms with van der Waals surface area (Å²) in [6.07, 6.45) is 1.38. The summed E-state index contributed by atoms with van der Waals surface area (Å²) < 4.78 is 10.2. The van der Waals surface area contributed by atoms with E-state index in [0.29, 0.717) is 25.4 Å². The van der Waals surface area contributed by atoms with Gasteiger partial charge in [-0.3, -0.25) is 4.79 Å². The van der Waals surface area contributed by atoms with Crippen LogP contribution in [0, 0.1) is 0 Å². The largest absolute Gasteiger partial charge is 0.454 e. The van der Waals surface area contributed by atoms with Gasteiger partial charge in [-0.05, 0) is 23.3 Å². The van der Waals surface area contributed by atoms with Crippen molar-refractivity contribution >= 4 is 5.78 Å². The van der Waals surface area contributed by atoms with Crippen molar-refractivity contribution in [3.8, 4) is 22.6 Å². The molecular weight excluding hydrogens is 336 g/mol. The second-order valence-electron chi connectivity index (χ2n) is 5.83. The van der Waals surface area contributed by atoms with E-state index in [-0.39, 0.29) is 0 Å². The number of carbonyl (C=O) groups is 1. The van der Waals surface area contributed by atoms with Crippen LogP contribution < -0.4 is 9.47 Å². The minimum Gasteiger partial charge on any atom is -0.454 e. The van der Waals surface area contributed by atoms with Crippen LogP contribution in [0.25, 0.3) is 11.1 Å². The molecule has 0 fully saturated rings. The molecule has 0 unspecified atom stereocenters. The van der Waals surface area contributed by atoms with Crippen molar-refractivity contribution in [3.05, 3.63) is 84.9 Å². The van der Waals surface area contributed by atoms with E-state index in [0.717, 1.165) is 11.5 Å². The van der Waals surface area contributed by atoms with Crippen LogP contribution in [0.3, 0.4) is 0 Å². The maximum atomic E-state index is 10.2. The Morgan fingerprint density at radius 1 is 0.667 bits per heavy atom. The standard InChI is InChI=1S/C12H10.C7H6O2.C5H10O/c1-3-7-11(8-4-1)12-9-5-2-6-10-12;1-2-4-7-6(3-1)8-5-9-7;1-3-5(6)4-2/h1-10H;1-4H,5H2;3-4H2,1-2H3. The van der Waals surface area contributed by atoms with Crippen molar-refractivity contribution in [3.63, 3.8) is 0 Å². The summed E-state index contributed by atoms with van der Waals surface area (Å²) in [6.45, 7) is 4.12. The zero-order chi connectivity index (χ0) is 19.3. The molecule has 3 nitrogen and oxygen atoms in total. The van der Waals surface area contributed by atoms with E-state index in [1.54, 1.807) is 0 Å². The number of para-hydroxylation sites is 2. The third kappa shape index (κ3) is 6.98. The second kappa shape index (κ2) is 11.5. The predicted molar refractivity (Wildman–Crippen MR) is 110 cm³/mol. The summed E-state index contributed by atoms with van der Waals surface area (Å²) in [5.74, 6) is 2.03. The van der Waals surface area contributed by atoms with Gasteiger partial charge in [-0.2, -0.15) is 0 Å². The normalized spacial score (nSPS) is 10.7. The molecule has 0 aliphatic carbocycles. The number of fused-ring (bicyclic) bond motifs is 1. The van der Waals surface area contributed by atoms with Crippen molar-refractivity contribution in [1.82, 2.24) is 0 Å². The second-order valence-corrected chi connectivity index (χ2v) is 5.83. The average molecular weight is 362 g/mol. The molecule has 3 aromatic rings. The van der Waals surface area contributed by atoms with E-state index in [2.05, 4.69) is 48.5 Å². The van der Waals surface area contributed by atoms with Gasteiger partial charge in [-0.25, -0.2) is 0 Å². The molecule has 0 aromatic heterocycles. The van der Waals surface area contributed by atoms with Crippen LogP contribution in [0.15, 0.2) is 84.9 Å². The lowest BCUT2D eigenvalue weighted by Gasteiger charge is -1.98. The van der Waals surface area contributed by atoms with E-state index in [9.17, 15) is 4.79 Å². The number of hydrogen-bond acceptors (Lipinski definition) is 3. The number of hydrogen-bond donors (Lipinski definition) is 0. The maximum Gasteiger partial charge on any atom is 0.231 e. The Kier molecular flexibility index (Phi) is 8.64. The van der Waals surface area contributed by atoms with E-state index >= 15 is 0 Å². The first-order valence-corrected chi connectivity index (χ1v) is 9.21. The fourth-order valence-electron chi connectivity index (χ4n) is 2.36. The summed E-state index contributed by atoms with van der Waals surface area (Å²) in [6, 6.07) is 28.4. The summed E-state index contributed by atoms with van der Waals surface area (Å²) in [5.41, 5.74) is 2.55. The fraction of sp³-hybridized carbons (Fsp3) is 0.208. The van der Waals surface area contributed by atoms with Crippen molar-refractivity contribution in [2.75, 3.05) is 6.79 Å². The zero-order valence-corrected chi connectivity index (χ0v) is 15.9. The van der Waals surface area contributed by atoms with Crippen LogP contribution in [-0.2, 0) is 4.79 Å². The quantitative estimate of drug-likeness (QED) is 0.561. The highest BCUT2D eigenvalue weighted by Crippen LogP contribution is 2.30. The third-order valence-electron chi connectivity index (χ3n) is 3.95. The summed E-state index contributed by atoms with van der Waals surface area (Å²) >= 11 is 0. The molecule has 1 aliphatic heterocycles. The van der Waals surface area contributed by atoms with Crippen molar-refractivity contribution in [2.45, 2.75) is 26.7 Å². The first-order chi connectivity index (χ1) is 13.2. The van der Waals surface area contributed by atoms with Crippen LogP contribution in [0.5, 0.6) is 11.5 Å². The Morgan fingerprint density at radius 3 is 1.37 bits per heavy atom.